The summed E-state index contributed by atoms with van der Waals surface area (Å²) in [4.78, 5) is 0. The molecule has 4 heteroatoms. The number of hydrogen-bond donors (Lipinski definition) is 1. The van der Waals surface area contributed by atoms with Gasteiger partial charge in [-0.25, -0.2) is 0 Å². The molecule has 0 aliphatic carbocycles. The van der Waals surface area contributed by atoms with Crippen LogP contribution in [0.4, 0.5) is 5.88 Å². The summed E-state index contributed by atoms with van der Waals surface area (Å²) in [7, 11) is 0. The predicted octanol–water partition coefficient (Wildman–Crippen LogP) is 2.53. The van der Waals surface area contributed by atoms with E-state index in [9.17, 15) is 0 Å². The molecular weight excluding hydrogens is 279 g/mol. The van der Waals surface area contributed by atoms with Crippen LogP contribution in [0.25, 0.3) is 11.3 Å². The Labute approximate surface area is 89.1 Å². The van der Waals surface area contributed by atoms with Gasteiger partial charge in [0.15, 0.2) is 0 Å². The molecule has 3 nitrogen and oxygen atoms in total. The van der Waals surface area contributed by atoms with Gasteiger partial charge in [-0.05, 0) is 28.7 Å². The molecule has 0 amide bonds. The largest absolute Gasteiger partial charge is 0.368 e. The molecule has 0 aliphatic rings. The third kappa shape index (κ3) is 1.67. The highest BCUT2D eigenvalue weighted by Crippen LogP contribution is 2.24. The Balaban J connectivity index is 2.52. The highest BCUT2D eigenvalue weighted by atomic mass is 127. The van der Waals surface area contributed by atoms with Gasteiger partial charge in [-0.2, -0.15) is 0 Å². The Kier molecular flexibility index (Phi) is 2.22. The molecule has 0 atom stereocenters. The van der Waals surface area contributed by atoms with Crippen molar-refractivity contribution >= 4 is 28.5 Å². The maximum Gasteiger partial charge on any atom is 0.222 e. The lowest BCUT2D eigenvalue weighted by molar-refractivity contribution is 0.439. The predicted molar refractivity (Wildman–Crippen MR) is 59.1 cm³/mol. The fourth-order valence-electron chi connectivity index (χ4n) is 1.09. The Morgan fingerprint density at radius 3 is 2.69 bits per heavy atom. The van der Waals surface area contributed by atoms with Crippen LogP contribution < -0.4 is 5.73 Å². The molecule has 0 spiro atoms. The number of nitrogens with zero attached hydrogens (tertiary/aromatic N) is 1. The first-order valence-electron chi connectivity index (χ1n) is 3.74. The third-order valence-corrected chi connectivity index (χ3v) is 2.62. The number of aromatic nitrogens is 1. The van der Waals surface area contributed by atoms with Gasteiger partial charge in [0.05, 0.1) is 0 Å². The van der Waals surface area contributed by atoms with Crippen molar-refractivity contribution in [1.82, 2.24) is 5.16 Å². The zero-order valence-corrected chi connectivity index (χ0v) is 8.86. The third-order valence-electron chi connectivity index (χ3n) is 1.68. The van der Waals surface area contributed by atoms with Crippen LogP contribution in [-0.2, 0) is 0 Å². The summed E-state index contributed by atoms with van der Waals surface area (Å²) in [6.07, 6.45) is 0. The first-order valence-corrected chi connectivity index (χ1v) is 4.82. The quantitative estimate of drug-likeness (QED) is 0.819. The van der Waals surface area contributed by atoms with Gasteiger partial charge < -0.3 is 10.3 Å². The zero-order chi connectivity index (χ0) is 9.26. The minimum atomic E-state index is 0.342. The normalized spacial score (nSPS) is 10.2. The number of benzene rings is 1. The number of rotatable bonds is 1. The van der Waals surface area contributed by atoms with E-state index >= 15 is 0 Å². The van der Waals surface area contributed by atoms with E-state index < -0.39 is 0 Å². The topological polar surface area (TPSA) is 52.0 Å². The van der Waals surface area contributed by atoms with Gasteiger partial charge >= 0.3 is 0 Å². The van der Waals surface area contributed by atoms with Crippen LogP contribution in [-0.4, -0.2) is 5.16 Å². The van der Waals surface area contributed by atoms with E-state index in [2.05, 4.69) is 27.7 Å². The van der Waals surface area contributed by atoms with Crippen molar-refractivity contribution in [3.05, 3.63) is 33.9 Å². The molecule has 0 saturated heterocycles. The summed E-state index contributed by atoms with van der Waals surface area (Å²) in [6, 6.07) is 9.66. The van der Waals surface area contributed by atoms with E-state index in [0.717, 1.165) is 14.8 Å². The summed E-state index contributed by atoms with van der Waals surface area (Å²) < 4.78 is 5.93. The molecular formula is C9H7IN2O. The summed E-state index contributed by atoms with van der Waals surface area (Å²) in [6.45, 7) is 0. The summed E-state index contributed by atoms with van der Waals surface area (Å²) in [5.41, 5.74) is 7.26. The first kappa shape index (κ1) is 8.55. The van der Waals surface area contributed by atoms with Crippen LogP contribution in [0.3, 0.4) is 0 Å². The maximum absolute atomic E-state index is 5.43. The molecule has 2 rings (SSSR count). The minimum Gasteiger partial charge on any atom is -0.368 e. The molecule has 1 heterocycles. The number of halogens is 1. The Hall–Kier alpha value is -1.04. The monoisotopic (exact) mass is 286 g/mol. The highest BCUT2D eigenvalue weighted by Gasteiger charge is 2.06. The fraction of sp³-hybridized carbons (Fsp3) is 0. The van der Waals surface area contributed by atoms with Gasteiger partial charge in [0.1, 0.15) is 5.69 Å². The molecule has 66 valence electrons. The van der Waals surface area contributed by atoms with Gasteiger partial charge in [-0.3, -0.25) is 0 Å². The second-order valence-electron chi connectivity index (χ2n) is 2.59. The Bertz CT molecular complexity index is 425. The standard InChI is InChI=1S/C9H7IN2O/c10-7-4-2-1-3-6(7)8-5-9(11)13-12-8/h1-5H,11H2. The summed E-state index contributed by atoms with van der Waals surface area (Å²) in [5, 5.41) is 3.84. The van der Waals surface area contributed by atoms with Crippen LogP contribution in [0.15, 0.2) is 34.9 Å². The van der Waals surface area contributed by atoms with E-state index in [4.69, 9.17) is 10.3 Å². The van der Waals surface area contributed by atoms with Crippen molar-refractivity contribution in [3.8, 4) is 11.3 Å². The van der Waals surface area contributed by atoms with Gasteiger partial charge in [-0.1, -0.05) is 23.4 Å². The molecule has 0 bridgehead atoms. The van der Waals surface area contributed by atoms with E-state index in [-0.39, 0.29) is 0 Å². The molecule has 1 aromatic heterocycles. The van der Waals surface area contributed by atoms with Crippen molar-refractivity contribution in [3.63, 3.8) is 0 Å². The first-order chi connectivity index (χ1) is 6.27. The average molecular weight is 286 g/mol. The van der Waals surface area contributed by atoms with Crippen LogP contribution in [0.1, 0.15) is 0 Å². The second-order valence-corrected chi connectivity index (χ2v) is 3.76. The Morgan fingerprint density at radius 2 is 2.08 bits per heavy atom. The van der Waals surface area contributed by atoms with Crippen LogP contribution in [0.5, 0.6) is 0 Å². The maximum atomic E-state index is 5.43. The van der Waals surface area contributed by atoms with Crippen LogP contribution in [0.2, 0.25) is 0 Å². The summed E-state index contributed by atoms with van der Waals surface area (Å²) >= 11 is 2.25. The van der Waals surface area contributed by atoms with Gasteiger partial charge in [-0.15, -0.1) is 0 Å². The van der Waals surface area contributed by atoms with E-state index in [1.807, 2.05) is 24.3 Å². The highest BCUT2D eigenvalue weighted by molar-refractivity contribution is 14.1. The minimum absolute atomic E-state index is 0.342. The average Bonchev–Trinajstić information content (AvgIpc) is 2.53. The number of anilines is 1. The van der Waals surface area contributed by atoms with E-state index in [1.54, 1.807) is 6.07 Å². The van der Waals surface area contributed by atoms with Gasteiger partial charge in [0.2, 0.25) is 5.88 Å². The van der Waals surface area contributed by atoms with Crippen molar-refractivity contribution in [2.24, 2.45) is 0 Å². The smallest absolute Gasteiger partial charge is 0.222 e. The lowest BCUT2D eigenvalue weighted by Crippen LogP contribution is -1.81. The SMILES string of the molecule is Nc1cc(-c2ccccc2I)no1. The lowest BCUT2D eigenvalue weighted by atomic mass is 10.2. The summed E-state index contributed by atoms with van der Waals surface area (Å²) in [5.74, 6) is 0.342. The molecule has 0 saturated carbocycles. The second kappa shape index (κ2) is 3.37. The molecule has 2 N–H and O–H groups in total. The molecule has 0 fully saturated rings. The van der Waals surface area contributed by atoms with E-state index in [0.29, 0.717) is 5.88 Å². The molecule has 2 aromatic rings. The Morgan fingerprint density at radius 1 is 1.31 bits per heavy atom. The van der Waals surface area contributed by atoms with Crippen LogP contribution in [0, 0.1) is 3.57 Å². The number of nitrogen functional groups attached to an aromatic ring is 1. The molecule has 1 aromatic carbocycles. The van der Waals surface area contributed by atoms with Crippen LogP contribution >= 0.6 is 22.6 Å². The van der Waals surface area contributed by atoms with Gasteiger partial charge in [0.25, 0.3) is 0 Å². The zero-order valence-electron chi connectivity index (χ0n) is 6.70. The molecule has 13 heavy (non-hydrogen) atoms. The number of hydrogen-bond acceptors (Lipinski definition) is 3. The van der Waals surface area contributed by atoms with Crippen molar-refractivity contribution < 1.29 is 4.52 Å². The molecule has 0 radical (unpaired) electrons. The van der Waals surface area contributed by atoms with Gasteiger partial charge in [0, 0.05) is 15.2 Å². The van der Waals surface area contributed by atoms with Crippen molar-refractivity contribution in [2.75, 3.05) is 5.73 Å². The van der Waals surface area contributed by atoms with E-state index in [1.165, 1.54) is 0 Å². The lowest BCUT2D eigenvalue weighted by Gasteiger charge is -1.97. The molecule has 0 unspecified atom stereocenters. The van der Waals surface area contributed by atoms with Crippen molar-refractivity contribution in [2.45, 2.75) is 0 Å². The fourth-order valence-corrected chi connectivity index (χ4v) is 1.75. The van der Waals surface area contributed by atoms with Crippen molar-refractivity contribution in [1.29, 1.82) is 0 Å². The number of nitrogens with two attached hydrogens (primary N) is 1. The molecule has 0 aliphatic heterocycles.